The molecule has 0 unspecified atom stereocenters. The molecule has 0 radical (unpaired) electrons. The number of methoxy groups -OCH3 is 1. The lowest BCUT2D eigenvalue weighted by molar-refractivity contribution is 0.0712. The zero-order valence-electron chi connectivity index (χ0n) is 16.9. The van der Waals surface area contributed by atoms with Crippen LogP contribution in [0, 0.1) is 0 Å². The van der Waals surface area contributed by atoms with Gasteiger partial charge in [-0.05, 0) is 50.3 Å². The quantitative estimate of drug-likeness (QED) is 0.841. The summed E-state index contributed by atoms with van der Waals surface area (Å²) in [5, 5.41) is 0. The number of piperidine rings is 1. The van der Waals surface area contributed by atoms with Gasteiger partial charge in [0.15, 0.2) is 0 Å². The van der Waals surface area contributed by atoms with Crippen molar-refractivity contribution in [3.8, 4) is 11.5 Å². The van der Waals surface area contributed by atoms with Crippen LogP contribution in [0.15, 0.2) is 18.2 Å². The number of nitrogens with two attached hydrogens (primary N) is 1. The predicted molar refractivity (Wildman–Crippen MR) is 109 cm³/mol. The van der Waals surface area contributed by atoms with Crippen LogP contribution in [-0.4, -0.2) is 67.2 Å². The summed E-state index contributed by atoms with van der Waals surface area (Å²) in [5.41, 5.74) is 6.58. The van der Waals surface area contributed by atoms with Crippen molar-refractivity contribution in [1.82, 2.24) is 9.80 Å². The molecule has 28 heavy (non-hydrogen) atoms. The summed E-state index contributed by atoms with van der Waals surface area (Å²) in [6.45, 7) is 3.50. The van der Waals surface area contributed by atoms with Crippen molar-refractivity contribution < 1.29 is 14.3 Å². The third-order valence-corrected chi connectivity index (χ3v) is 6.54. The lowest BCUT2D eigenvalue weighted by Crippen LogP contribution is -2.43. The van der Waals surface area contributed by atoms with Gasteiger partial charge in [-0.3, -0.25) is 4.79 Å². The monoisotopic (exact) mass is 387 g/mol. The topological polar surface area (TPSA) is 68.0 Å². The number of carbonyl (C=O) groups excluding carboxylic acids is 1. The molecular formula is C22H33N3O3. The highest BCUT2D eigenvalue weighted by Crippen LogP contribution is 2.31. The van der Waals surface area contributed by atoms with Gasteiger partial charge in [0, 0.05) is 38.3 Å². The van der Waals surface area contributed by atoms with Crippen LogP contribution in [-0.2, 0) is 0 Å². The Morgan fingerprint density at radius 2 is 1.82 bits per heavy atom. The fraction of sp³-hybridized carbons (Fsp3) is 0.682. The van der Waals surface area contributed by atoms with Crippen molar-refractivity contribution in [1.29, 1.82) is 0 Å². The van der Waals surface area contributed by atoms with E-state index in [2.05, 4.69) is 4.90 Å². The van der Waals surface area contributed by atoms with E-state index in [9.17, 15) is 4.79 Å². The highest BCUT2D eigenvalue weighted by molar-refractivity contribution is 5.97. The largest absolute Gasteiger partial charge is 0.497 e. The standard InChI is InChI=1S/C22H33N3O3/c1-27-19-6-7-21(20(14-19)22(26)25-11-8-16(23)15-25)28-18-9-12-24(13-10-18)17-4-2-3-5-17/h6-7,14,16-18H,2-5,8-13,15,23H2,1H3/t16-/m0/s1. The maximum Gasteiger partial charge on any atom is 0.257 e. The van der Waals surface area contributed by atoms with Crippen molar-refractivity contribution in [3.05, 3.63) is 23.8 Å². The Bertz CT molecular complexity index is 682. The number of benzene rings is 1. The van der Waals surface area contributed by atoms with Crippen LogP contribution < -0.4 is 15.2 Å². The second-order valence-corrected chi connectivity index (χ2v) is 8.45. The minimum absolute atomic E-state index is 0.00904. The van der Waals surface area contributed by atoms with Gasteiger partial charge in [-0.1, -0.05) is 12.8 Å². The normalized spacial score (nSPS) is 24.6. The molecule has 0 spiro atoms. The molecule has 1 aromatic carbocycles. The van der Waals surface area contributed by atoms with Crippen LogP contribution in [0.3, 0.4) is 0 Å². The van der Waals surface area contributed by atoms with E-state index in [0.29, 0.717) is 30.2 Å². The van der Waals surface area contributed by atoms with Crippen LogP contribution in [0.2, 0.25) is 0 Å². The second-order valence-electron chi connectivity index (χ2n) is 8.45. The van der Waals surface area contributed by atoms with Crippen molar-refractivity contribution >= 4 is 5.91 Å². The summed E-state index contributed by atoms with van der Waals surface area (Å²) < 4.78 is 11.7. The summed E-state index contributed by atoms with van der Waals surface area (Å²) in [7, 11) is 1.62. The highest BCUT2D eigenvalue weighted by atomic mass is 16.5. The molecule has 0 bridgehead atoms. The molecule has 154 valence electrons. The van der Waals surface area contributed by atoms with E-state index in [1.54, 1.807) is 13.2 Å². The van der Waals surface area contributed by atoms with E-state index in [1.165, 1.54) is 25.7 Å². The number of nitrogens with zero attached hydrogens (tertiary/aromatic N) is 2. The van der Waals surface area contributed by atoms with Gasteiger partial charge in [-0.2, -0.15) is 0 Å². The van der Waals surface area contributed by atoms with E-state index in [4.69, 9.17) is 15.2 Å². The first-order valence-corrected chi connectivity index (χ1v) is 10.8. The predicted octanol–water partition coefficient (Wildman–Crippen LogP) is 2.65. The minimum atomic E-state index is -0.00904. The third kappa shape index (κ3) is 4.28. The summed E-state index contributed by atoms with van der Waals surface area (Å²) in [5.74, 6) is 1.34. The number of likely N-dealkylation sites (tertiary alicyclic amines) is 2. The molecule has 1 amide bonds. The molecule has 1 aromatic rings. The van der Waals surface area contributed by atoms with Gasteiger partial charge in [0.2, 0.25) is 0 Å². The maximum absolute atomic E-state index is 13.1. The zero-order valence-corrected chi connectivity index (χ0v) is 16.9. The van der Waals surface area contributed by atoms with Gasteiger partial charge in [0.25, 0.3) is 5.91 Å². The molecule has 6 heteroatoms. The summed E-state index contributed by atoms with van der Waals surface area (Å²) in [6, 6.07) is 6.40. The van der Waals surface area contributed by atoms with Crippen molar-refractivity contribution in [2.24, 2.45) is 5.73 Å². The third-order valence-electron chi connectivity index (χ3n) is 6.54. The number of hydrogen-bond donors (Lipinski definition) is 1. The van der Waals surface area contributed by atoms with Crippen molar-refractivity contribution in [2.45, 2.75) is 63.1 Å². The van der Waals surface area contributed by atoms with Crippen LogP contribution in [0.1, 0.15) is 55.3 Å². The van der Waals surface area contributed by atoms with Gasteiger partial charge in [0.1, 0.15) is 17.6 Å². The van der Waals surface area contributed by atoms with Crippen LogP contribution in [0.25, 0.3) is 0 Å². The van der Waals surface area contributed by atoms with E-state index >= 15 is 0 Å². The molecule has 2 saturated heterocycles. The lowest BCUT2D eigenvalue weighted by atomic mass is 10.0. The molecule has 0 aromatic heterocycles. The minimum Gasteiger partial charge on any atom is -0.497 e. The molecule has 2 N–H and O–H groups in total. The Morgan fingerprint density at radius 1 is 1.07 bits per heavy atom. The average molecular weight is 388 g/mol. The fourth-order valence-corrected chi connectivity index (χ4v) is 4.86. The number of rotatable bonds is 5. The van der Waals surface area contributed by atoms with Gasteiger partial charge >= 0.3 is 0 Å². The molecular weight excluding hydrogens is 354 g/mol. The molecule has 1 atom stereocenters. The first kappa shape index (κ1) is 19.5. The first-order chi connectivity index (χ1) is 13.6. The molecule has 3 fully saturated rings. The summed E-state index contributed by atoms with van der Waals surface area (Å²) in [6.07, 6.45) is 8.50. The van der Waals surface area contributed by atoms with E-state index in [1.807, 2.05) is 17.0 Å². The van der Waals surface area contributed by atoms with Gasteiger partial charge in [0.05, 0.1) is 12.7 Å². The van der Waals surface area contributed by atoms with Crippen LogP contribution in [0.4, 0.5) is 0 Å². The maximum atomic E-state index is 13.1. The molecule has 2 aliphatic heterocycles. The number of hydrogen-bond acceptors (Lipinski definition) is 5. The Hall–Kier alpha value is -1.79. The van der Waals surface area contributed by atoms with E-state index < -0.39 is 0 Å². The molecule has 6 nitrogen and oxygen atoms in total. The SMILES string of the molecule is COc1ccc(OC2CCN(C3CCCC3)CC2)c(C(=O)N2CC[C@H](N)C2)c1. The smallest absolute Gasteiger partial charge is 0.257 e. The van der Waals surface area contributed by atoms with Crippen molar-refractivity contribution in [2.75, 3.05) is 33.3 Å². The summed E-state index contributed by atoms with van der Waals surface area (Å²) in [4.78, 5) is 17.5. The Kier molecular flexibility index (Phi) is 6.07. The molecule has 2 heterocycles. The number of ether oxygens (including phenoxy) is 2. The molecule has 3 aliphatic rings. The Balaban J connectivity index is 1.43. The molecule has 4 rings (SSSR count). The Labute approximate surface area is 168 Å². The van der Waals surface area contributed by atoms with E-state index in [-0.39, 0.29) is 18.1 Å². The number of amides is 1. The van der Waals surface area contributed by atoms with E-state index in [0.717, 1.165) is 38.4 Å². The van der Waals surface area contributed by atoms with Gasteiger partial charge in [-0.25, -0.2) is 0 Å². The Morgan fingerprint density at radius 3 is 2.46 bits per heavy atom. The fourth-order valence-electron chi connectivity index (χ4n) is 4.86. The van der Waals surface area contributed by atoms with Gasteiger partial charge in [-0.15, -0.1) is 0 Å². The average Bonchev–Trinajstić information content (AvgIpc) is 3.40. The van der Waals surface area contributed by atoms with Gasteiger partial charge < -0.3 is 25.0 Å². The molecule has 1 aliphatic carbocycles. The second kappa shape index (κ2) is 8.70. The van der Waals surface area contributed by atoms with Crippen molar-refractivity contribution in [3.63, 3.8) is 0 Å². The zero-order chi connectivity index (χ0) is 19.5. The summed E-state index contributed by atoms with van der Waals surface area (Å²) >= 11 is 0. The van der Waals surface area contributed by atoms with Crippen LogP contribution >= 0.6 is 0 Å². The lowest BCUT2D eigenvalue weighted by Gasteiger charge is -2.36. The number of carbonyl (C=O) groups is 1. The molecule has 1 saturated carbocycles. The van der Waals surface area contributed by atoms with Crippen LogP contribution in [0.5, 0.6) is 11.5 Å². The first-order valence-electron chi connectivity index (χ1n) is 10.8. The highest BCUT2D eigenvalue weighted by Gasteiger charge is 2.30.